The summed E-state index contributed by atoms with van der Waals surface area (Å²) in [6, 6.07) is 11.9. The number of aliphatic hydroxyl groups is 1. The highest BCUT2D eigenvalue weighted by Crippen LogP contribution is 2.37. The fraction of sp³-hybridized carbons (Fsp3) is 0.300. The summed E-state index contributed by atoms with van der Waals surface area (Å²) >= 11 is 0. The molecule has 30 heavy (non-hydrogen) atoms. The summed E-state index contributed by atoms with van der Waals surface area (Å²) in [5.41, 5.74) is 1.93. The Morgan fingerprint density at radius 1 is 1.13 bits per heavy atom. The van der Waals surface area contributed by atoms with E-state index in [0.717, 1.165) is 11.1 Å². The molecule has 3 atom stereocenters. The summed E-state index contributed by atoms with van der Waals surface area (Å²) in [5.74, 6) is 2.19. The third kappa shape index (κ3) is 3.62. The summed E-state index contributed by atoms with van der Waals surface area (Å²) in [6.45, 7) is 1.19. The highest BCUT2D eigenvalue weighted by molar-refractivity contribution is 5.61. The van der Waals surface area contributed by atoms with Crippen molar-refractivity contribution >= 4 is 5.69 Å². The second kappa shape index (κ2) is 7.67. The molecule has 156 valence electrons. The van der Waals surface area contributed by atoms with Gasteiger partial charge in [0.2, 0.25) is 18.5 Å². The summed E-state index contributed by atoms with van der Waals surface area (Å²) in [5, 5.41) is 33.4. The highest BCUT2D eigenvalue weighted by atomic mass is 16.8. The summed E-state index contributed by atoms with van der Waals surface area (Å²) in [4.78, 5) is 6.60. The fourth-order valence-electron chi connectivity index (χ4n) is 3.82. The number of hydrogen-bond acceptors (Lipinski definition) is 9. The van der Waals surface area contributed by atoms with Gasteiger partial charge < -0.3 is 24.3 Å². The average molecular weight is 412 g/mol. The van der Waals surface area contributed by atoms with E-state index in [-0.39, 0.29) is 18.5 Å². The minimum Gasteiger partial charge on any atom is -0.595 e. The van der Waals surface area contributed by atoms with Crippen molar-refractivity contribution in [2.45, 2.75) is 25.1 Å². The first-order chi connectivity index (χ1) is 14.6. The summed E-state index contributed by atoms with van der Waals surface area (Å²) in [7, 11) is 0. The molecule has 1 fully saturated rings. The maximum Gasteiger partial charge on any atom is 0.244 e. The van der Waals surface area contributed by atoms with E-state index < -0.39 is 11.3 Å². The van der Waals surface area contributed by atoms with Gasteiger partial charge in [0.25, 0.3) is 0 Å². The molecule has 3 aromatic rings. The first kappa shape index (κ1) is 19.0. The van der Waals surface area contributed by atoms with Gasteiger partial charge in [0.15, 0.2) is 17.2 Å². The molecule has 0 aliphatic carbocycles. The van der Waals surface area contributed by atoms with E-state index in [1.807, 2.05) is 12.1 Å². The van der Waals surface area contributed by atoms with Crippen LogP contribution in [0.1, 0.15) is 23.9 Å². The molecule has 3 N–H and O–H groups in total. The third-order valence-corrected chi connectivity index (χ3v) is 5.33. The minimum absolute atomic E-state index is 0.193. The normalized spacial score (nSPS) is 21.8. The lowest BCUT2D eigenvalue weighted by Crippen LogP contribution is -2.99. The van der Waals surface area contributed by atoms with Crippen LogP contribution in [0.4, 0.5) is 5.69 Å². The van der Waals surface area contributed by atoms with E-state index in [9.17, 15) is 10.3 Å². The fourth-order valence-corrected chi connectivity index (χ4v) is 3.82. The van der Waals surface area contributed by atoms with Crippen molar-refractivity contribution in [3.63, 3.8) is 0 Å². The minimum atomic E-state index is -0.960. The van der Waals surface area contributed by atoms with Crippen molar-refractivity contribution in [2.75, 3.05) is 13.3 Å². The van der Waals surface area contributed by atoms with E-state index in [4.69, 9.17) is 19.2 Å². The maximum absolute atomic E-state index is 11.0. The van der Waals surface area contributed by atoms with Gasteiger partial charge in [-0.2, -0.15) is 10.2 Å². The van der Waals surface area contributed by atoms with Crippen LogP contribution in [-0.2, 0) is 6.54 Å². The number of β-amino-alcohol motifs (C(OH)–C–C–N with tert-alkyl or cyclic N) is 1. The monoisotopic (exact) mass is 412 g/mol. The Morgan fingerprint density at radius 3 is 2.73 bits per heavy atom. The van der Waals surface area contributed by atoms with E-state index in [1.165, 1.54) is 0 Å². The van der Waals surface area contributed by atoms with Crippen LogP contribution in [0.2, 0.25) is 0 Å². The number of aromatic nitrogens is 2. The molecule has 10 nitrogen and oxygen atoms in total. The van der Waals surface area contributed by atoms with Gasteiger partial charge in [0.1, 0.15) is 0 Å². The average Bonchev–Trinajstić information content (AvgIpc) is 3.47. The van der Waals surface area contributed by atoms with Crippen molar-refractivity contribution < 1.29 is 29.5 Å². The van der Waals surface area contributed by atoms with Gasteiger partial charge in [0.05, 0.1) is 12.1 Å². The van der Waals surface area contributed by atoms with Gasteiger partial charge in [-0.15, -0.1) is 0 Å². The Morgan fingerprint density at radius 2 is 1.93 bits per heavy atom. The van der Waals surface area contributed by atoms with Crippen molar-refractivity contribution in [2.24, 2.45) is 0 Å². The number of aliphatic hydroxyl groups excluding tert-OH is 1. The molecule has 0 bridgehead atoms. The number of quaternary nitrogens is 1. The second-order valence-electron chi connectivity index (χ2n) is 7.36. The first-order valence-corrected chi connectivity index (χ1v) is 9.55. The number of rotatable bonds is 5. The molecule has 3 heterocycles. The Labute approximate surface area is 171 Å². The Balaban J connectivity index is 1.35. The summed E-state index contributed by atoms with van der Waals surface area (Å²) in [6.07, 6.45) is -0.0233. The molecule has 0 spiro atoms. The number of likely N-dealkylation sites (tertiary alicyclic amines) is 1. The molecule has 1 unspecified atom stereocenters. The molecule has 0 radical (unpaired) electrons. The van der Waals surface area contributed by atoms with Crippen molar-refractivity contribution in [3.8, 4) is 22.9 Å². The van der Waals surface area contributed by atoms with Gasteiger partial charge in [-0.25, -0.2) is 5.21 Å². The molecule has 0 amide bonds. The Hall–Kier alpha value is -3.02. The number of hydrogen-bond donors (Lipinski definition) is 3. The Kier molecular flexibility index (Phi) is 4.85. The predicted molar refractivity (Wildman–Crippen MR) is 102 cm³/mol. The molecule has 1 aromatic heterocycles. The topological polar surface area (TPSA) is 129 Å². The molecule has 2 aliphatic rings. The van der Waals surface area contributed by atoms with Crippen LogP contribution in [0.3, 0.4) is 0 Å². The molecule has 2 aromatic carbocycles. The number of fused-ring (bicyclic) bond motifs is 1. The zero-order valence-electron chi connectivity index (χ0n) is 15.9. The van der Waals surface area contributed by atoms with Crippen LogP contribution in [-0.4, -0.2) is 44.8 Å². The van der Waals surface area contributed by atoms with E-state index >= 15 is 0 Å². The molecular formula is C20H20N4O6. The SMILES string of the molecule is [O-][NH+](O)c1ccc(CN2C[C@H](O)C[C@H]2c2nc(-c3ccc4c(c3)OCO4)no2)cc1. The first-order valence-electron chi connectivity index (χ1n) is 9.55. The second-order valence-corrected chi connectivity index (χ2v) is 7.36. The smallest absolute Gasteiger partial charge is 0.244 e. The van der Waals surface area contributed by atoms with Crippen LogP contribution in [0.15, 0.2) is 47.0 Å². The van der Waals surface area contributed by atoms with Gasteiger partial charge in [-0.3, -0.25) is 4.90 Å². The molecule has 10 heteroatoms. The lowest BCUT2D eigenvalue weighted by Gasteiger charge is -2.21. The van der Waals surface area contributed by atoms with Crippen LogP contribution in [0.5, 0.6) is 11.5 Å². The predicted octanol–water partition coefficient (Wildman–Crippen LogP) is 1.18. The molecule has 5 rings (SSSR count). The molecule has 2 aliphatic heterocycles. The largest absolute Gasteiger partial charge is 0.595 e. The van der Waals surface area contributed by atoms with Gasteiger partial charge in [-0.1, -0.05) is 17.3 Å². The van der Waals surface area contributed by atoms with Crippen LogP contribution < -0.4 is 14.7 Å². The molecular weight excluding hydrogens is 392 g/mol. The zero-order valence-corrected chi connectivity index (χ0v) is 15.9. The van der Waals surface area contributed by atoms with Gasteiger partial charge in [0, 0.05) is 30.8 Å². The Bertz CT molecular complexity index is 1040. The number of benzene rings is 2. The number of ether oxygens (including phenoxy) is 2. The van der Waals surface area contributed by atoms with Crippen molar-refractivity contribution in [1.82, 2.24) is 15.0 Å². The lowest BCUT2D eigenvalue weighted by atomic mass is 10.1. The highest BCUT2D eigenvalue weighted by Gasteiger charge is 2.36. The van der Waals surface area contributed by atoms with Crippen molar-refractivity contribution in [1.29, 1.82) is 0 Å². The number of nitrogens with zero attached hydrogens (tertiary/aromatic N) is 3. The molecule has 1 saturated heterocycles. The zero-order chi connectivity index (χ0) is 20.7. The summed E-state index contributed by atoms with van der Waals surface area (Å²) < 4.78 is 16.3. The quantitative estimate of drug-likeness (QED) is 0.529. The van der Waals surface area contributed by atoms with Gasteiger partial charge in [-0.05, 0) is 30.2 Å². The lowest BCUT2D eigenvalue weighted by molar-refractivity contribution is -0.991. The molecule has 0 saturated carbocycles. The van der Waals surface area contributed by atoms with E-state index in [1.54, 1.807) is 30.3 Å². The maximum atomic E-state index is 11.0. The van der Waals surface area contributed by atoms with Gasteiger partial charge >= 0.3 is 0 Å². The standard InChI is InChI=1S/C20H20N4O6/c25-15-8-16(23(10-15)9-12-1-4-14(5-2-12)24(26)27)20-21-19(22-30-20)13-3-6-17-18(7-13)29-11-28-17/h1-7,15-16,24-26H,8-11H2/t15-,16+/m1/s1. The number of nitrogens with one attached hydrogen (secondary N) is 1. The van der Waals surface area contributed by atoms with Crippen LogP contribution in [0.25, 0.3) is 11.4 Å². The van der Waals surface area contributed by atoms with Crippen LogP contribution >= 0.6 is 0 Å². The van der Waals surface area contributed by atoms with E-state index in [2.05, 4.69) is 15.0 Å². The van der Waals surface area contributed by atoms with E-state index in [0.29, 0.717) is 42.7 Å². The van der Waals surface area contributed by atoms with Crippen LogP contribution in [0, 0.1) is 5.21 Å². The van der Waals surface area contributed by atoms with Crippen molar-refractivity contribution in [3.05, 3.63) is 59.1 Å². The third-order valence-electron chi connectivity index (χ3n) is 5.33.